The van der Waals surface area contributed by atoms with Crippen LogP contribution < -0.4 is 4.90 Å². The van der Waals surface area contributed by atoms with Crippen LogP contribution in [-0.4, -0.2) is 48.9 Å². The quantitative estimate of drug-likeness (QED) is 0.661. The minimum atomic E-state index is -3.55. The molecule has 0 aliphatic carbocycles. The maximum Gasteiger partial charge on any atom is 0.252 e. The Bertz CT molecular complexity index is 1070. The number of benzene rings is 1. The first-order valence-corrected chi connectivity index (χ1v) is 10.5. The van der Waals surface area contributed by atoms with Gasteiger partial charge < -0.3 is 4.90 Å². The van der Waals surface area contributed by atoms with Crippen molar-refractivity contribution in [3.8, 4) is 0 Å². The Morgan fingerprint density at radius 2 is 1.85 bits per heavy atom. The van der Waals surface area contributed by atoms with Crippen LogP contribution in [0.15, 0.2) is 40.9 Å². The normalized spacial score (nSPS) is 16.3. The molecule has 3 aromatic rings. The number of thiophene rings is 1. The lowest BCUT2D eigenvalue weighted by atomic mass is 10.2. The van der Waals surface area contributed by atoms with Gasteiger partial charge in [0.1, 0.15) is 22.2 Å². The molecule has 1 aliphatic rings. The van der Waals surface area contributed by atoms with Crippen molar-refractivity contribution in [1.82, 2.24) is 14.3 Å². The number of anilines is 1. The van der Waals surface area contributed by atoms with Crippen molar-refractivity contribution in [2.24, 2.45) is 0 Å². The van der Waals surface area contributed by atoms with Gasteiger partial charge in [-0.2, -0.15) is 4.31 Å². The van der Waals surface area contributed by atoms with Crippen molar-refractivity contribution in [2.75, 3.05) is 31.1 Å². The molecule has 1 aromatic carbocycles. The number of rotatable bonds is 3. The molecule has 1 saturated heterocycles. The molecule has 0 atom stereocenters. The first-order chi connectivity index (χ1) is 12.4. The minimum Gasteiger partial charge on any atom is -0.353 e. The highest BCUT2D eigenvalue weighted by Crippen LogP contribution is 2.30. The monoisotopic (exact) mass is 412 g/mol. The zero-order valence-electron chi connectivity index (χ0n) is 13.5. The topological polar surface area (TPSA) is 66.4 Å². The van der Waals surface area contributed by atoms with E-state index in [1.807, 2.05) is 4.90 Å². The number of aromatic nitrogens is 2. The van der Waals surface area contributed by atoms with Crippen LogP contribution in [-0.2, 0) is 10.0 Å². The van der Waals surface area contributed by atoms with Crippen LogP contribution in [0, 0.1) is 5.82 Å². The first-order valence-electron chi connectivity index (χ1n) is 7.86. The van der Waals surface area contributed by atoms with Gasteiger partial charge in [-0.15, -0.1) is 11.3 Å². The van der Waals surface area contributed by atoms with E-state index in [9.17, 15) is 12.8 Å². The summed E-state index contributed by atoms with van der Waals surface area (Å²) >= 11 is 6.91. The molecule has 0 unspecified atom stereocenters. The van der Waals surface area contributed by atoms with Crippen molar-refractivity contribution >= 4 is 49.7 Å². The zero-order valence-corrected chi connectivity index (χ0v) is 15.9. The van der Waals surface area contributed by atoms with Gasteiger partial charge in [0.15, 0.2) is 0 Å². The summed E-state index contributed by atoms with van der Waals surface area (Å²) < 4.78 is 41.1. The van der Waals surface area contributed by atoms with Crippen molar-refractivity contribution in [3.63, 3.8) is 0 Å². The molecule has 4 rings (SSSR count). The molecule has 0 saturated carbocycles. The van der Waals surface area contributed by atoms with Crippen molar-refractivity contribution in [1.29, 1.82) is 0 Å². The van der Waals surface area contributed by atoms with E-state index in [0.29, 0.717) is 47.2 Å². The zero-order chi connectivity index (χ0) is 18.3. The minimum absolute atomic E-state index is 0.241. The number of hydrogen-bond donors (Lipinski definition) is 0. The molecule has 0 N–H and O–H groups in total. The highest BCUT2D eigenvalue weighted by Gasteiger charge is 2.30. The van der Waals surface area contributed by atoms with Crippen molar-refractivity contribution < 1.29 is 12.8 Å². The highest BCUT2D eigenvalue weighted by molar-refractivity contribution is 7.91. The van der Waals surface area contributed by atoms with Gasteiger partial charge in [-0.1, -0.05) is 11.6 Å². The Morgan fingerprint density at radius 1 is 1.08 bits per heavy atom. The molecular weight excluding hydrogens is 399 g/mol. The highest BCUT2D eigenvalue weighted by atomic mass is 35.5. The smallest absolute Gasteiger partial charge is 0.252 e. The third-order valence-electron chi connectivity index (χ3n) is 4.26. The van der Waals surface area contributed by atoms with Gasteiger partial charge in [0.2, 0.25) is 0 Å². The van der Waals surface area contributed by atoms with E-state index in [2.05, 4.69) is 9.97 Å². The second-order valence-corrected chi connectivity index (χ2v) is 9.69. The fraction of sp³-hybridized carbons (Fsp3) is 0.250. The molecule has 0 bridgehead atoms. The predicted molar refractivity (Wildman–Crippen MR) is 99.8 cm³/mol. The number of sulfonamides is 1. The number of hydrogen-bond acceptors (Lipinski definition) is 6. The fourth-order valence-electron chi connectivity index (χ4n) is 2.97. The van der Waals surface area contributed by atoms with Crippen LogP contribution in [0.1, 0.15) is 0 Å². The molecule has 6 nitrogen and oxygen atoms in total. The van der Waals surface area contributed by atoms with E-state index in [0.717, 1.165) is 11.3 Å². The molecule has 0 radical (unpaired) electrons. The molecule has 1 aliphatic heterocycles. The van der Waals surface area contributed by atoms with Gasteiger partial charge in [0.05, 0.1) is 9.85 Å². The molecule has 0 spiro atoms. The van der Waals surface area contributed by atoms with Crippen LogP contribution >= 0.6 is 22.9 Å². The van der Waals surface area contributed by atoms with Crippen LogP contribution in [0.25, 0.3) is 10.9 Å². The summed E-state index contributed by atoms with van der Waals surface area (Å²) in [5, 5.41) is 0.619. The molecule has 1 fully saturated rings. The molecule has 136 valence electrons. The summed E-state index contributed by atoms with van der Waals surface area (Å²) in [6, 6.07) is 7.47. The average Bonchev–Trinajstić information content (AvgIpc) is 3.08. The summed E-state index contributed by atoms with van der Waals surface area (Å²) in [6.45, 7) is 1.55. The Kier molecular flexibility index (Phi) is 4.55. The van der Waals surface area contributed by atoms with Gasteiger partial charge >= 0.3 is 0 Å². The molecule has 10 heteroatoms. The first kappa shape index (κ1) is 17.6. The standard InChI is InChI=1S/C16H14ClFN4O2S2/c17-14-3-4-15(25-14)26(23,24)22-7-5-21(6-8-22)16-12-9-11(18)1-2-13(12)19-10-20-16/h1-4,9-10H,5-8H2. The van der Waals surface area contributed by atoms with E-state index in [1.54, 1.807) is 12.1 Å². The number of piperazine rings is 1. The number of halogens is 2. The lowest BCUT2D eigenvalue weighted by Gasteiger charge is -2.34. The molecule has 0 amide bonds. The van der Waals surface area contributed by atoms with Crippen LogP contribution in [0.4, 0.5) is 10.2 Å². The van der Waals surface area contributed by atoms with Crippen molar-refractivity contribution in [2.45, 2.75) is 4.21 Å². The van der Waals surface area contributed by atoms with E-state index in [1.165, 1.54) is 28.8 Å². The van der Waals surface area contributed by atoms with Gasteiger partial charge in [0.25, 0.3) is 10.0 Å². The SMILES string of the molecule is O=S(=O)(c1ccc(Cl)s1)N1CCN(c2ncnc3ccc(F)cc23)CC1. The molecule has 3 heterocycles. The largest absolute Gasteiger partial charge is 0.353 e. The number of fused-ring (bicyclic) bond motifs is 1. The lowest BCUT2D eigenvalue weighted by molar-refractivity contribution is 0.385. The molecule has 2 aromatic heterocycles. The summed E-state index contributed by atoms with van der Waals surface area (Å²) in [4.78, 5) is 10.4. The van der Waals surface area contributed by atoms with Crippen LogP contribution in [0.3, 0.4) is 0 Å². The third kappa shape index (κ3) is 3.16. The maximum atomic E-state index is 13.6. The van der Waals surface area contributed by atoms with Gasteiger partial charge in [-0.25, -0.2) is 22.8 Å². The van der Waals surface area contributed by atoms with Gasteiger partial charge in [-0.05, 0) is 30.3 Å². The Labute approximate surface area is 158 Å². The molecule has 26 heavy (non-hydrogen) atoms. The average molecular weight is 413 g/mol. The summed E-state index contributed by atoms with van der Waals surface area (Å²) in [6.07, 6.45) is 1.44. The Balaban J connectivity index is 1.57. The Morgan fingerprint density at radius 3 is 2.54 bits per heavy atom. The predicted octanol–water partition coefficient (Wildman–Crippen LogP) is 2.99. The third-order valence-corrected chi connectivity index (χ3v) is 7.85. The maximum absolute atomic E-state index is 13.6. The van der Waals surface area contributed by atoms with E-state index >= 15 is 0 Å². The Hall–Kier alpha value is -1.81. The van der Waals surface area contributed by atoms with E-state index < -0.39 is 10.0 Å². The molecular formula is C16H14ClFN4O2S2. The van der Waals surface area contributed by atoms with Gasteiger partial charge in [0, 0.05) is 31.6 Å². The van der Waals surface area contributed by atoms with Crippen LogP contribution in [0.5, 0.6) is 0 Å². The van der Waals surface area contributed by atoms with Crippen molar-refractivity contribution in [3.05, 3.63) is 46.8 Å². The summed E-state index contributed by atoms with van der Waals surface area (Å²) in [5.41, 5.74) is 0.652. The second-order valence-electron chi connectivity index (χ2n) is 5.81. The summed E-state index contributed by atoms with van der Waals surface area (Å²) in [7, 11) is -3.55. The fourth-order valence-corrected chi connectivity index (χ4v) is 6.03. The van der Waals surface area contributed by atoms with Crippen LogP contribution in [0.2, 0.25) is 4.34 Å². The second kappa shape index (κ2) is 6.73. The lowest BCUT2D eigenvalue weighted by Crippen LogP contribution is -2.48. The van der Waals surface area contributed by atoms with Gasteiger partial charge in [-0.3, -0.25) is 0 Å². The summed E-state index contributed by atoms with van der Waals surface area (Å²) in [5.74, 6) is 0.259. The van der Waals surface area contributed by atoms with E-state index in [-0.39, 0.29) is 10.0 Å². The number of nitrogens with zero attached hydrogens (tertiary/aromatic N) is 4. The van der Waals surface area contributed by atoms with E-state index in [4.69, 9.17) is 11.6 Å².